The van der Waals surface area contributed by atoms with Crippen LogP contribution < -0.4 is 14.8 Å². The number of fused-ring (bicyclic) bond motifs is 1. The third kappa shape index (κ3) is 5.42. The van der Waals surface area contributed by atoms with E-state index in [2.05, 4.69) is 15.3 Å². The summed E-state index contributed by atoms with van der Waals surface area (Å²) in [5.41, 5.74) is -0.0812. The zero-order valence-electron chi connectivity index (χ0n) is 17.0. The summed E-state index contributed by atoms with van der Waals surface area (Å²) in [6.45, 7) is 3.74. The molecule has 11 heteroatoms. The molecule has 7 nitrogen and oxygen atoms in total. The van der Waals surface area contributed by atoms with Crippen molar-refractivity contribution in [3.05, 3.63) is 40.5 Å². The number of benzene rings is 1. The highest BCUT2D eigenvalue weighted by atomic mass is 32.1. The topological polar surface area (TPSA) is 82.6 Å². The second-order valence-electron chi connectivity index (χ2n) is 6.53. The van der Waals surface area contributed by atoms with Crippen molar-refractivity contribution in [2.24, 2.45) is 0 Å². The Bertz CT molecular complexity index is 1090. The number of halogens is 3. The van der Waals surface area contributed by atoms with Gasteiger partial charge in [-0.2, -0.15) is 13.2 Å². The molecule has 1 aromatic carbocycles. The number of aryl methyl sites for hydroxylation is 2. The molecule has 0 saturated carbocycles. The molecule has 2 heterocycles. The van der Waals surface area contributed by atoms with Crippen molar-refractivity contribution >= 4 is 33.1 Å². The van der Waals surface area contributed by atoms with Gasteiger partial charge in [0, 0.05) is 12.0 Å². The van der Waals surface area contributed by atoms with E-state index in [9.17, 15) is 18.0 Å². The summed E-state index contributed by atoms with van der Waals surface area (Å²) < 4.78 is 55.1. The number of anilines is 1. The number of hydrogen-bond donors (Lipinski definition) is 1. The first-order chi connectivity index (χ1) is 14.7. The lowest BCUT2D eigenvalue weighted by Crippen LogP contribution is -2.21. The van der Waals surface area contributed by atoms with Crippen LogP contribution in [0.15, 0.2) is 24.5 Å². The number of nitrogens with zero attached hydrogens (tertiary/aromatic N) is 2. The lowest BCUT2D eigenvalue weighted by atomic mass is 10.1. The van der Waals surface area contributed by atoms with Crippen molar-refractivity contribution in [2.45, 2.75) is 20.0 Å². The Kier molecular flexibility index (Phi) is 6.96. The molecule has 0 fully saturated rings. The number of hydrogen-bond acceptors (Lipinski definition) is 7. The fraction of sp³-hybridized carbons (Fsp3) is 0.350. The highest BCUT2D eigenvalue weighted by Crippen LogP contribution is 2.36. The molecule has 0 bridgehead atoms. The molecular formula is C20H20F3N3O4S. The molecule has 0 unspecified atom stereocenters. The predicted octanol–water partition coefficient (Wildman–Crippen LogP) is 4.37. The van der Waals surface area contributed by atoms with Crippen LogP contribution in [0.25, 0.3) is 10.2 Å². The van der Waals surface area contributed by atoms with Crippen LogP contribution in [-0.4, -0.2) is 42.8 Å². The number of alkyl halides is 3. The summed E-state index contributed by atoms with van der Waals surface area (Å²) in [7, 11) is 1.47. The Balaban J connectivity index is 1.76. The molecule has 1 N–H and O–H groups in total. The third-order valence-electron chi connectivity index (χ3n) is 4.40. The molecule has 166 valence electrons. The first kappa shape index (κ1) is 22.8. The Morgan fingerprint density at radius 1 is 1.16 bits per heavy atom. The summed E-state index contributed by atoms with van der Waals surface area (Å²) in [5.74, 6) is -0.331. The van der Waals surface area contributed by atoms with Crippen molar-refractivity contribution in [3.8, 4) is 11.6 Å². The first-order valence-corrected chi connectivity index (χ1v) is 9.98. The lowest BCUT2D eigenvalue weighted by Gasteiger charge is -2.15. The third-order valence-corrected chi connectivity index (χ3v) is 5.51. The maximum absolute atomic E-state index is 13.1. The smallest absolute Gasteiger partial charge is 0.416 e. The largest absolute Gasteiger partial charge is 0.489 e. The average Bonchev–Trinajstić information content (AvgIpc) is 3.01. The summed E-state index contributed by atoms with van der Waals surface area (Å²) in [5, 5.41) is 3.13. The second kappa shape index (κ2) is 9.48. The van der Waals surface area contributed by atoms with E-state index in [-0.39, 0.29) is 30.5 Å². The quantitative estimate of drug-likeness (QED) is 0.508. The number of carbonyl (C=O) groups is 1. The van der Waals surface area contributed by atoms with Crippen LogP contribution in [0.1, 0.15) is 16.0 Å². The van der Waals surface area contributed by atoms with Crippen LogP contribution in [0.5, 0.6) is 11.6 Å². The van der Waals surface area contributed by atoms with Crippen LogP contribution in [0.4, 0.5) is 18.9 Å². The van der Waals surface area contributed by atoms with E-state index in [1.165, 1.54) is 24.8 Å². The van der Waals surface area contributed by atoms with Crippen LogP contribution in [0, 0.1) is 13.8 Å². The van der Waals surface area contributed by atoms with Gasteiger partial charge in [0.15, 0.2) is 6.61 Å². The summed E-state index contributed by atoms with van der Waals surface area (Å²) >= 11 is 1.48. The number of rotatable bonds is 8. The summed E-state index contributed by atoms with van der Waals surface area (Å²) in [6.07, 6.45) is -3.23. The Morgan fingerprint density at radius 2 is 1.94 bits per heavy atom. The van der Waals surface area contributed by atoms with Gasteiger partial charge in [-0.25, -0.2) is 9.97 Å². The fourth-order valence-electron chi connectivity index (χ4n) is 2.74. The molecule has 3 aromatic rings. The molecule has 2 aromatic heterocycles. The maximum atomic E-state index is 13.1. The van der Waals surface area contributed by atoms with E-state index in [1.54, 1.807) is 0 Å². The number of carbonyl (C=O) groups excluding carboxylic acids is 1. The van der Waals surface area contributed by atoms with Gasteiger partial charge in [-0.05, 0) is 37.6 Å². The normalized spacial score (nSPS) is 11.5. The second-order valence-corrected chi connectivity index (χ2v) is 7.73. The number of ether oxygens (including phenoxy) is 3. The number of thiophene rings is 1. The van der Waals surface area contributed by atoms with Crippen molar-refractivity contribution in [2.75, 3.05) is 32.2 Å². The van der Waals surface area contributed by atoms with Gasteiger partial charge in [-0.3, -0.25) is 4.79 Å². The molecule has 0 aliphatic heterocycles. The molecule has 3 rings (SSSR count). The minimum Gasteiger partial charge on any atom is -0.489 e. The molecule has 0 radical (unpaired) electrons. The van der Waals surface area contributed by atoms with Crippen molar-refractivity contribution < 1.29 is 32.2 Å². The van der Waals surface area contributed by atoms with E-state index < -0.39 is 24.3 Å². The standard InChI is InChI=1S/C20H20F3N3O4S/c1-11-12(2)31-19-17(11)18(24-10-25-19)30-9-16(27)26-14-8-13(20(21,22)23)4-5-15(14)29-7-6-28-3/h4-5,8,10H,6-7,9H2,1-3H3,(H,26,27). The van der Waals surface area contributed by atoms with E-state index in [0.29, 0.717) is 5.39 Å². The molecule has 0 atom stereocenters. The van der Waals surface area contributed by atoms with E-state index in [0.717, 1.165) is 33.5 Å². The summed E-state index contributed by atoms with van der Waals surface area (Å²) in [6, 6.07) is 2.85. The molecular weight excluding hydrogens is 435 g/mol. The number of amides is 1. The Labute approximate surface area is 180 Å². The highest BCUT2D eigenvalue weighted by Gasteiger charge is 2.31. The highest BCUT2D eigenvalue weighted by molar-refractivity contribution is 7.18. The van der Waals surface area contributed by atoms with E-state index >= 15 is 0 Å². The molecule has 1 amide bonds. The van der Waals surface area contributed by atoms with Gasteiger partial charge < -0.3 is 19.5 Å². The number of nitrogens with one attached hydrogen (secondary N) is 1. The minimum atomic E-state index is -4.57. The SMILES string of the molecule is COCCOc1ccc(C(F)(F)F)cc1NC(=O)COc1ncnc2sc(C)c(C)c12. The van der Waals surface area contributed by atoms with Gasteiger partial charge in [0.2, 0.25) is 5.88 Å². The van der Waals surface area contributed by atoms with Gasteiger partial charge in [-0.15, -0.1) is 11.3 Å². The number of methoxy groups -OCH3 is 1. The number of aromatic nitrogens is 2. The van der Waals surface area contributed by atoms with Crippen LogP contribution in [-0.2, 0) is 15.7 Å². The lowest BCUT2D eigenvalue weighted by molar-refractivity contribution is -0.137. The van der Waals surface area contributed by atoms with Crippen molar-refractivity contribution in [3.63, 3.8) is 0 Å². The van der Waals surface area contributed by atoms with Crippen LogP contribution >= 0.6 is 11.3 Å². The van der Waals surface area contributed by atoms with Crippen molar-refractivity contribution in [1.29, 1.82) is 0 Å². The molecule has 0 spiro atoms. The molecule has 0 aliphatic carbocycles. The van der Waals surface area contributed by atoms with Gasteiger partial charge in [0.05, 0.1) is 23.2 Å². The van der Waals surface area contributed by atoms with Gasteiger partial charge >= 0.3 is 6.18 Å². The summed E-state index contributed by atoms with van der Waals surface area (Å²) in [4.78, 5) is 22.5. The van der Waals surface area contributed by atoms with Crippen molar-refractivity contribution in [1.82, 2.24) is 9.97 Å². The molecule has 0 aliphatic rings. The van der Waals surface area contributed by atoms with Crippen LogP contribution in [0.3, 0.4) is 0 Å². The van der Waals surface area contributed by atoms with Gasteiger partial charge in [-0.1, -0.05) is 0 Å². The Hall–Kier alpha value is -2.92. The zero-order valence-corrected chi connectivity index (χ0v) is 17.8. The van der Waals surface area contributed by atoms with E-state index in [4.69, 9.17) is 14.2 Å². The fourth-order valence-corrected chi connectivity index (χ4v) is 3.73. The average molecular weight is 455 g/mol. The molecule has 31 heavy (non-hydrogen) atoms. The van der Waals surface area contributed by atoms with Gasteiger partial charge in [0.1, 0.15) is 23.5 Å². The molecule has 0 saturated heterocycles. The minimum absolute atomic E-state index is 0.0899. The maximum Gasteiger partial charge on any atom is 0.416 e. The Morgan fingerprint density at radius 3 is 2.65 bits per heavy atom. The first-order valence-electron chi connectivity index (χ1n) is 9.17. The monoisotopic (exact) mass is 455 g/mol. The predicted molar refractivity (Wildman–Crippen MR) is 110 cm³/mol. The van der Waals surface area contributed by atoms with Gasteiger partial charge in [0.25, 0.3) is 5.91 Å². The van der Waals surface area contributed by atoms with Crippen LogP contribution in [0.2, 0.25) is 0 Å². The van der Waals surface area contributed by atoms with E-state index in [1.807, 2.05) is 13.8 Å². The zero-order chi connectivity index (χ0) is 22.6.